The molecule has 20 heavy (non-hydrogen) atoms. The van der Waals surface area contributed by atoms with Crippen molar-refractivity contribution >= 4 is 5.91 Å². The maximum Gasteiger partial charge on any atom is 0.240 e. The van der Waals surface area contributed by atoms with Gasteiger partial charge in [0.1, 0.15) is 12.4 Å². The highest BCUT2D eigenvalue weighted by Gasteiger charge is 2.44. The highest BCUT2D eigenvalue weighted by molar-refractivity contribution is 5.86. The van der Waals surface area contributed by atoms with Gasteiger partial charge in [0.05, 0.1) is 11.6 Å². The molecule has 1 saturated carbocycles. The number of rotatable bonds is 6. The lowest BCUT2D eigenvalue weighted by molar-refractivity contribution is -0.127. The first-order valence-electron chi connectivity index (χ1n) is 7.19. The number of carbonyl (C=O) groups is 1. The summed E-state index contributed by atoms with van der Waals surface area (Å²) in [6.45, 7) is 6.21. The lowest BCUT2D eigenvalue weighted by Gasteiger charge is -2.25. The molecule has 0 aromatic heterocycles. The molecule has 4 heteroatoms. The van der Waals surface area contributed by atoms with Gasteiger partial charge < -0.3 is 15.8 Å². The molecule has 0 saturated heterocycles. The fourth-order valence-electron chi connectivity index (χ4n) is 2.15. The third kappa shape index (κ3) is 3.73. The van der Waals surface area contributed by atoms with Gasteiger partial charge in [0.15, 0.2) is 0 Å². The van der Waals surface area contributed by atoms with Crippen LogP contribution in [0.15, 0.2) is 24.3 Å². The van der Waals surface area contributed by atoms with Crippen molar-refractivity contribution in [2.45, 2.75) is 45.2 Å². The molecule has 2 atom stereocenters. The Kier molecular flexibility index (Phi) is 4.33. The third-order valence-electron chi connectivity index (χ3n) is 3.81. The number of aryl methyl sites for hydroxylation is 1. The number of hydrogen-bond donors (Lipinski definition) is 2. The number of ether oxygens (including phenoxy) is 1. The molecule has 3 N–H and O–H groups in total. The third-order valence-corrected chi connectivity index (χ3v) is 3.81. The van der Waals surface area contributed by atoms with E-state index in [1.807, 2.05) is 45.0 Å². The summed E-state index contributed by atoms with van der Waals surface area (Å²) >= 11 is 0. The van der Waals surface area contributed by atoms with Crippen molar-refractivity contribution in [2.24, 2.45) is 11.7 Å². The van der Waals surface area contributed by atoms with Crippen molar-refractivity contribution in [3.63, 3.8) is 0 Å². The van der Waals surface area contributed by atoms with Gasteiger partial charge in [-0.05, 0) is 51.7 Å². The first kappa shape index (κ1) is 14.9. The molecule has 1 aliphatic rings. The lowest BCUT2D eigenvalue weighted by atomic mass is 9.96. The molecule has 1 aromatic carbocycles. The van der Waals surface area contributed by atoms with Crippen LogP contribution in [0.2, 0.25) is 0 Å². The number of nitrogens with one attached hydrogen (secondary N) is 1. The maximum absolute atomic E-state index is 12.1. The molecule has 0 bridgehead atoms. The SMILES string of the molecule is Cc1ccc(OCC(C)NC(=O)C(C)(N)C2CC2)cc1. The van der Waals surface area contributed by atoms with Crippen LogP contribution < -0.4 is 15.8 Å². The first-order valence-corrected chi connectivity index (χ1v) is 7.19. The summed E-state index contributed by atoms with van der Waals surface area (Å²) < 4.78 is 5.66. The molecular weight excluding hydrogens is 252 g/mol. The van der Waals surface area contributed by atoms with Crippen LogP contribution in [0, 0.1) is 12.8 Å². The molecule has 0 heterocycles. The van der Waals surface area contributed by atoms with Crippen LogP contribution in [-0.4, -0.2) is 24.1 Å². The normalized spacial score (nSPS) is 19.0. The van der Waals surface area contributed by atoms with Crippen molar-refractivity contribution < 1.29 is 9.53 Å². The van der Waals surface area contributed by atoms with Crippen molar-refractivity contribution in [1.82, 2.24) is 5.32 Å². The Balaban J connectivity index is 1.78. The smallest absolute Gasteiger partial charge is 0.240 e. The van der Waals surface area contributed by atoms with Crippen LogP contribution in [0.4, 0.5) is 0 Å². The lowest BCUT2D eigenvalue weighted by Crippen LogP contribution is -2.56. The van der Waals surface area contributed by atoms with E-state index in [2.05, 4.69) is 5.32 Å². The van der Waals surface area contributed by atoms with Gasteiger partial charge in [-0.1, -0.05) is 17.7 Å². The zero-order valence-corrected chi connectivity index (χ0v) is 12.5. The van der Waals surface area contributed by atoms with Gasteiger partial charge in [-0.15, -0.1) is 0 Å². The monoisotopic (exact) mass is 276 g/mol. The summed E-state index contributed by atoms with van der Waals surface area (Å²) in [6.07, 6.45) is 2.10. The van der Waals surface area contributed by atoms with Crippen LogP contribution in [-0.2, 0) is 4.79 Å². The van der Waals surface area contributed by atoms with Crippen LogP contribution in [0.1, 0.15) is 32.3 Å². The van der Waals surface area contributed by atoms with E-state index in [-0.39, 0.29) is 11.9 Å². The highest BCUT2D eigenvalue weighted by Crippen LogP contribution is 2.38. The Morgan fingerprint density at radius 1 is 1.45 bits per heavy atom. The van der Waals surface area contributed by atoms with E-state index < -0.39 is 5.54 Å². The van der Waals surface area contributed by atoms with E-state index in [0.29, 0.717) is 12.5 Å². The summed E-state index contributed by atoms with van der Waals surface area (Å²) in [5.74, 6) is 1.06. The highest BCUT2D eigenvalue weighted by atomic mass is 16.5. The molecule has 0 radical (unpaired) electrons. The zero-order chi connectivity index (χ0) is 14.8. The summed E-state index contributed by atoms with van der Waals surface area (Å²) in [7, 11) is 0. The predicted molar refractivity (Wildman–Crippen MR) is 79.6 cm³/mol. The maximum atomic E-state index is 12.1. The average molecular weight is 276 g/mol. The molecule has 2 unspecified atom stereocenters. The molecule has 110 valence electrons. The number of hydrogen-bond acceptors (Lipinski definition) is 3. The van der Waals surface area contributed by atoms with E-state index in [0.717, 1.165) is 18.6 Å². The van der Waals surface area contributed by atoms with Crippen LogP contribution in [0.25, 0.3) is 0 Å². The van der Waals surface area contributed by atoms with Crippen LogP contribution in [0.3, 0.4) is 0 Å². The van der Waals surface area contributed by atoms with E-state index in [9.17, 15) is 4.79 Å². The summed E-state index contributed by atoms with van der Waals surface area (Å²) in [6, 6.07) is 7.80. The van der Waals surface area contributed by atoms with Crippen LogP contribution in [0.5, 0.6) is 5.75 Å². The molecule has 0 spiro atoms. The van der Waals surface area contributed by atoms with Crippen molar-refractivity contribution in [1.29, 1.82) is 0 Å². The molecule has 1 fully saturated rings. The quantitative estimate of drug-likeness (QED) is 0.835. The Morgan fingerprint density at radius 2 is 2.05 bits per heavy atom. The second-order valence-corrected chi connectivity index (χ2v) is 6.06. The Bertz CT molecular complexity index is 464. The standard InChI is InChI=1S/C16H24N2O2/c1-11-4-8-14(9-5-11)20-10-12(2)18-15(19)16(3,17)13-6-7-13/h4-5,8-9,12-13H,6-7,10,17H2,1-3H3,(H,18,19). The number of amides is 1. The zero-order valence-electron chi connectivity index (χ0n) is 12.5. The summed E-state index contributed by atoms with van der Waals surface area (Å²) in [5, 5.41) is 2.93. The second-order valence-electron chi connectivity index (χ2n) is 6.06. The van der Waals surface area contributed by atoms with Gasteiger partial charge in [0.25, 0.3) is 0 Å². The fraction of sp³-hybridized carbons (Fsp3) is 0.562. The molecular formula is C16H24N2O2. The van der Waals surface area contributed by atoms with Gasteiger partial charge in [-0.25, -0.2) is 0 Å². The molecule has 4 nitrogen and oxygen atoms in total. The largest absolute Gasteiger partial charge is 0.491 e. The Hall–Kier alpha value is -1.55. The molecule has 1 amide bonds. The van der Waals surface area contributed by atoms with Gasteiger partial charge in [0, 0.05) is 0 Å². The topological polar surface area (TPSA) is 64.3 Å². The number of nitrogens with two attached hydrogens (primary N) is 1. The van der Waals surface area contributed by atoms with Gasteiger partial charge in [0.2, 0.25) is 5.91 Å². The molecule has 1 aliphatic carbocycles. The van der Waals surface area contributed by atoms with E-state index >= 15 is 0 Å². The fourth-order valence-corrected chi connectivity index (χ4v) is 2.15. The minimum Gasteiger partial charge on any atom is -0.491 e. The van der Waals surface area contributed by atoms with Gasteiger partial charge in [-0.2, -0.15) is 0 Å². The van der Waals surface area contributed by atoms with Crippen molar-refractivity contribution in [2.75, 3.05) is 6.61 Å². The van der Waals surface area contributed by atoms with Crippen LogP contribution >= 0.6 is 0 Å². The van der Waals surface area contributed by atoms with E-state index in [1.54, 1.807) is 0 Å². The Labute approximate surface area is 120 Å². The minimum atomic E-state index is -0.752. The average Bonchev–Trinajstić information content (AvgIpc) is 3.22. The summed E-state index contributed by atoms with van der Waals surface area (Å²) in [5.41, 5.74) is 6.53. The van der Waals surface area contributed by atoms with E-state index in [1.165, 1.54) is 5.56 Å². The minimum absolute atomic E-state index is 0.0644. The molecule has 1 aromatic rings. The van der Waals surface area contributed by atoms with Gasteiger partial charge in [-0.3, -0.25) is 4.79 Å². The Morgan fingerprint density at radius 3 is 2.60 bits per heavy atom. The van der Waals surface area contributed by atoms with Gasteiger partial charge >= 0.3 is 0 Å². The van der Waals surface area contributed by atoms with Crippen molar-refractivity contribution in [3.8, 4) is 5.75 Å². The first-order chi connectivity index (χ1) is 9.39. The number of carbonyl (C=O) groups excluding carboxylic acids is 1. The molecule has 2 rings (SSSR count). The summed E-state index contributed by atoms with van der Waals surface area (Å²) in [4.78, 5) is 12.1. The van der Waals surface area contributed by atoms with E-state index in [4.69, 9.17) is 10.5 Å². The number of benzene rings is 1. The van der Waals surface area contributed by atoms with Crippen molar-refractivity contribution in [3.05, 3.63) is 29.8 Å². The predicted octanol–water partition coefficient (Wildman–Crippen LogP) is 2.01. The molecule has 0 aliphatic heterocycles. The second kappa shape index (κ2) is 5.83.